The molecule has 0 saturated heterocycles. The van der Waals surface area contributed by atoms with E-state index in [4.69, 9.17) is 9.84 Å². The highest BCUT2D eigenvalue weighted by Crippen LogP contribution is 2.24. The van der Waals surface area contributed by atoms with Crippen molar-refractivity contribution < 1.29 is 14.6 Å². The molecule has 1 aromatic heterocycles. The minimum absolute atomic E-state index is 0.00783. The van der Waals surface area contributed by atoms with E-state index in [0.717, 1.165) is 5.56 Å². The van der Waals surface area contributed by atoms with E-state index in [1.165, 1.54) is 6.20 Å². The first-order valence-electron chi connectivity index (χ1n) is 6.27. The molecular formula is C15H16N2O3. The Balaban J connectivity index is 2.52. The third-order valence-corrected chi connectivity index (χ3v) is 2.92. The van der Waals surface area contributed by atoms with Gasteiger partial charge in [0, 0.05) is 11.8 Å². The maximum absolute atomic E-state index is 11.2. The monoisotopic (exact) mass is 272 g/mol. The predicted molar refractivity (Wildman–Crippen MR) is 75.1 cm³/mol. The molecule has 1 heterocycles. The number of benzene rings is 1. The van der Waals surface area contributed by atoms with Gasteiger partial charge in [-0.3, -0.25) is 0 Å². The van der Waals surface area contributed by atoms with Crippen LogP contribution in [0.25, 0.3) is 11.4 Å². The van der Waals surface area contributed by atoms with E-state index in [-0.39, 0.29) is 11.5 Å². The molecule has 104 valence electrons. The summed E-state index contributed by atoms with van der Waals surface area (Å²) >= 11 is 0. The van der Waals surface area contributed by atoms with Gasteiger partial charge in [0.15, 0.2) is 5.82 Å². The predicted octanol–water partition coefficient (Wildman–Crippen LogP) is 2.97. The fourth-order valence-corrected chi connectivity index (χ4v) is 1.90. The van der Waals surface area contributed by atoms with Crippen LogP contribution < -0.4 is 4.74 Å². The molecule has 0 amide bonds. The lowest BCUT2D eigenvalue weighted by molar-refractivity contribution is 0.0694. The number of ether oxygens (including phenoxy) is 1. The van der Waals surface area contributed by atoms with Crippen molar-refractivity contribution in [1.29, 1.82) is 0 Å². The second kappa shape index (κ2) is 5.69. The molecule has 1 aromatic carbocycles. The molecule has 0 radical (unpaired) electrons. The number of carboxylic acid groups (broad SMARTS) is 1. The van der Waals surface area contributed by atoms with Crippen molar-refractivity contribution >= 4 is 5.97 Å². The highest BCUT2D eigenvalue weighted by molar-refractivity contribution is 5.88. The van der Waals surface area contributed by atoms with Gasteiger partial charge >= 0.3 is 5.97 Å². The standard InChI is InChI=1S/C15H16N2O3/c1-9(2)13-12(15(18)19)8-16-14(17-13)10-5-4-6-11(7-10)20-3/h4-9H,1-3H3,(H,18,19). The molecule has 0 spiro atoms. The minimum atomic E-state index is -1.01. The van der Waals surface area contributed by atoms with E-state index in [9.17, 15) is 4.79 Å². The molecule has 0 aliphatic carbocycles. The molecule has 0 bridgehead atoms. The van der Waals surface area contributed by atoms with E-state index in [0.29, 0.717) is 17.3 Å². The smallest absolute Gasteiger partial charge is 0.339 e. The Morgan fingerprint density at radius 2 is 2.10 bits per heavy atom. The SMILES string of the molecule is COc1cccc(-c2ncc(C(=O)O)c(C(C)C)n2)c1. The van der Waals surface area contributed by atoms with Crippen molar-refractivity contribution in [1.82, 2.24) is 9.97 Å². The molecule has 0 atom stereocenters. The zero-order chi connectivity index (χ0) is 14.7. The molecule has 0 aliphatic rings. The number of carboxylic acids is 1. The van der Waals surface area contributed by atoms with Gasteiger partial charge in [0.2, 0.25) is 0 Å². The molecule has 1 N–H and O–H groups in total. The van der Waals surface area contributed by atoms with Gasteiger partial charge in [-0.2, -0.15) is 0 Å². The second-order valence-corrected chi connectivity index (χ2v) is 4.68. The molecule has 20 heavy (non-hydrogen) atoms. The molecule has 0 saturated carbocycles. The molecule has 2 aromatic rings. The highest BCUT2D eigenvalue weighted by Gasteiger charge is 2.16. The van der Waals surface area contributed by atoms with Crippen molar-refractivity contribution in [3.05, 3.63) is 41.7 Å². The lowest BCUT2D eigenvalue weighted by Crippen LogP contribution is -2.08. The summed E-state index contributed by atoms with van der Waals surface area (Å²) in [5.41, 5.74) is 1.47. The number of hydrogen-bond acceptors (Lipinski definition) is 4. The van der Waals surface area contributed by atoms with Crippen molar-refractivity contribution in [2.24, 2.45) is 0 Å². The quantitative estimate of drug-likeness (QED) is 0.926. The third-order valence-electron chi connectivity index (χ3n) is 2.92. The first kappa shape index (κ1) is 14.0. The van der Waals surface area contributed by atoms with Crippen molar-refractivity contribution in [3.8, 4) is 17.1 Å². The van der Waals surface area contributed by atoms with Gasteiger partial charge in [-0.15, -0.1) is 0 Å². The average molecular weight is 272 g/mol. The van der Waals surface area contributed by atoms with Gasteiger partial charge in [0.1, 0.15) is 5.75 Å². The number of carbonyl (C=O) groups is 1. The number of methoxy groups -OCH3 is 1. The van der Waals surface area contributed by atoms with Gasteiger partial charge in [-0.05, 0) is 18.1 Å². The molecule has 5 nitrogen and oxygen atoms in total. The summed E-state index contributed by atoms with van der Waals surface area (Å²) in [5, 5.41) is 9.16. The Morgan fingerprint density at radius 1 is 1.35 bits per heavy atom. The van der Waals surface area contributed by atoms with Crippen LogP contribution in [-0.2, 0) is 0 Å². The lowest BCUT2D eigenvalue weighted by atomic mass is 10.0. The molecule has 2 rings (SSSR count). The second-order valence-electron chi connectivity index (χ2n) is 4.68. The van der Waals surface area contributed by atoms with Crippen LogP contribution in [0.3, 0.4) is 0 Å². The number of hydrogen-bond donors (Lipinski definition) is 1. The average Bonchev–Trinajstić information content (AvgIpc) is 2.46. The van der Waals surface area contributed by atoms with Crippen LogP contribution in [0.2, 0.25) is 0 Å². The van der Waals surface area contributed by atoms with Crippen LogP contribution in [0.4, 0.5) is 0 Å². The Labute approximate surface area is 117 Å². The highest BCUT2D eigenvalue weighted by atomic mass is 16.5. The number of rotatable bonds is 4. The van der Waals surface area contributed by atoms with E-state index in [1.54, 1.807) is 7.11 Å². The Morgan fingerprint density at radius 3 is 2.70 bits per heavy atom. The van der Waals surface area contributed by atoms with Crippen LogP contribution >= 0.6 is 0 Å². The Bertz CT molecular complexity index is 639. The first-order chi connectivity index (χ1) is 9.52. The Kier molecular flexibility index (Phi) is 3.98. The maximum Gasteiger partial charge on any atom is 0.339 e. The van der Waals surface area contributed by atoms with E-state index >= 15 is 0 Å². The van der Waals surface area contributed by atoms with Gasteiger partial charge in [0.05, 0.1) is 18.4 Å². The summed E-state index contributed by atoms with van der Waals surface area (Å²) in [6, 6.07) is 7.36. The van der Waals surface area contributed by atoms with E-state index in [2.05, 4.69) is 9.97 Å². The molecule has 5 heteroatoms. The summed E-state index contributed by atoms with van der Waals surface area (Å²) in [6.07, 6.45) is 1.36. The van der Waals surface area contributed by atoms with Gasteiger partial charge < -0.3 is 9.84 Å². The molecule has 0 unspecified atom stereocenters. The van der Waals surface area contributed by atoms with Crippen molar-refractivity contribution in [3.63, 3.8) is 0 Å². The van der Waals surface area contributed by atoms with Crippen LogP contribution in [-0.4, -0.2) is 28.2 Å². The summed E-state index contributed by atoms with van der Waals surface area (Å²) < 4.78 is 5.17. The molecule has 0 aliphatic heterocycles. The third kappa shape index (κ3) is 2.77. The molecule has 0 fully saturated rings. The summed E-state index contributed by atoms with van der Waals surface area (Å²) in [7, 11) is 1.59. The van der Waals surface area contributed by atoms with Gasteiger partial charge in [-0.1, -0.05) is 26.0 Å². The van der Waals surface area contributed by atoms with E-state index < -0.39 is 5.97 Å². The maximum atomic E-state index is 11.2. The topological polar surface area (TPSA) is 72.3 Å². The van der Waals surface area contributed by atoms with E-state index in [1.807, 2.05) is 38.1 Å². The normalized spacial score (nSPS) is 10.6. The summed E-state index contributed by atoms with van der Waals surface area (Å²) in [4.78, 5) is 19.7. The van der Waals surface area contributed by atoms with Crippen LogP contribution in [0.1, 0.15) is 35.8 Å². The van der Waals surface area contributed by atoms with Crippen molar-refractivity contribution in [2.75, 3.05) is 7.11 Å². The molecular weight excluding hydrogens is 256 g/mol. The largest absolute Gasteiger partial charge is 0.497 e. The minimum Gasteiger partial charge on any atom is -0.497 e. The zero-order valence-corrected chi connectivity index (χ0v) is 11.6. The number of aromatic carboxylic acids is 1. The van der Waals surface area contributed by atoms with Crippen LogP contribution in [0, 0.1) is 0 Å². The summed E-state index contributed by atoms with van der Waals surface area (Å²) in [5.74, 6) is 0.205. The lowest BCUT2D eigenvalue weighted by Gasteiger charge is -2.10. The van der Waals surface area contributed by atoms with Gasteiger partial charge in [-0.25, -0.2) is 14.8 Å². The number of aromatic nitrogens is 2. The van der Waals surface area contributed by atoms with Crippen LogP contribution in [0.5, 0.6) is 5.75 Å². The zero-order valence-electron chi connectivity index (χ0n) is 11.6. The first-order valence-corrected chi connectivity index (χ1v) is 6.27. The fraction of sp³-hybridized carbons (Fsp3) is 0.267. The van der Waals surface area contributed by atoms with Crippen molar-refractivity contribution in [2.45, 2.75) is 19.8 Å². The van der Waals surface area contributed by atoms with Crippen LogP contribution in [0.15, 0.2) is 30.5 Å². The summed E-state index contributed by atoms with van der Waals surface area (Å²) in [6.45, 7) is 3.81. The number of nitrogens with zero attached hydrogens (tertiary/aromatic N) is 2. The Hall–Kier alpha value is -2.43. The fourth-order valence-electron chi connectivity index (χ4n) is 1.90. The van der Waals surface area contributed by atoms with Gasteiger partial charge in [0.25, 0.3) is 0 Å².